The van der Waals surface area contributed by atoms with E-state index in [-0.39, 0.29) is 23.7 Å². The van der Waals surface area contributed by atoms with E-state index in [0.717, 1.165) is 37.0 Å². The van der Waals surface area contributed by atoms with Crippen LogP contribution in [0.2, 0.25) is 0 Å². The van der Waals surface area contributed by atoms with Gasteiger partial charge in [-0.05, 0) is 56.3 Å². The molecule has 0 aromatic carbocycles. The van der Waals surface area contributed by atoms with Crippen LogP contribution in [0.4, 0.5) is 0 Å². The zero-order chi connectivity index (χ0) is 14.7. The summed E-state index contributed by atoms with van der Waals surface area (Å²) in [6, 6.07) is 0. The summed E-state index contributed by atoms with van der Waals surface area (Å²) in [6.07, 6.45) is 7.27. The van der Waals surface area contributed by atoms with E-state index in [0.29, 0.717) is 13.2 Å². The van der Waals surface area contributed by atoms with E-state index in [4.69, 9.17) is 10.5 Å². The van der Waals surface area contributed by atoms with Crippen molar-refractivity contribution in [1.29, 1.82) is 0 Å². The quantitative estimate of drug-likeness (QED) is 0.810. The van der Waals surface area contributed by atoms with E-state index in [1.54, 1.807) is 0 Å². The topological polar surface area (TPSA) is 81.4 Å². The van der Waals surface area contributed by atoms with Crippen LogP contribution in [0.25, 0.3) is 0 Å². The van der Waals surface area contributed by atoms with Crippen molar-refractivity contribution >= 4 is 11.8 Å². The number of nitrogens with two attached hydrogens (primary N) is 1. The molecule has 5 nitrogen and oxygen atoms in total. The summed E-state index contributed by atoms with van der Waals surface area (Å²) in [5, 5.41) is 3.15. The first-order valence-electron chi connectivity index (χ1n) is 8.17. The Morgan fingerprint density at radius 1 is 1.05 bits per heavy atom. The van der Waals surface area contributed by atoms with Crippen LogP contribution >= 0.6 is 0 Å². The number of ether oxygens (including phenoxy) is 1. The lowest BCUT2D eigenvalue weighted by Gasteiger charge is -2.56. The molecule has 0 aromatic heterocycles. The second-order valence-corrected chi connectivity index (χ2v) is 8.07. The van der Waals surface area contributed by atoms with Crippen LogP contribution < -0.4 is 11.1 Å². The van der Waals surface area contributed by atoms with Crippen LogP contribution in [0.1, 0.15) is 44.9 Å². The highest BCUT2D eigenvalue weighted by atomic mass is 16.5. The molecule has 4 bridgehead atoms. The second-order valence-electron chi connectivity index (χ2n) is 8.07. The molecule has 5 fully saturated rings. The average Bonchev–Trinajstić information content (AvgIpc) is 2.33. The van der Waals surface area contributed by atoms with Crippen LogP contribution in [0.15, 0.2) is 0 Å². The number of rotatable bonds is 4. The average molecular weight is 292 g/mol. The Bertz CT molecular complexity index is 449. The smallest absolute Gasteiger partial charge is 0.226 e. The molecule has 1 aliphatic heterocycles. The van der Waals surface area contributed by atoms with Crippen molar-refractivity contribution in [3.8, 4) is 0 Å². The lowest BCUT2D eigenvalue weighted by Crippen LogP contribution is -2.67. The number of amides is 2. The summed E-state index contributed by atoms with van der Waals surface area (Å²) in [4.78, 5) is 24.2. The molecule has 21 heavy (non-hydrogen) atoms. The molecular formula is C16H24N2O3. The number of nitrogens with one attached hydrogen (secondary N) is 1. The summed E-state index contributed by atoms with van der Waals surface area (Å²) < 4.78 is 5.24. The molecule has 5 heteroatoms. The SMILES string of the molecule is NC(=O)CC1(NC(=O)C23CC4CC(CC(C4)C2)C3)COC1. The third kappa shape index (κ3) is 2.17. The van der Waals surface area contributed by atoms with Crippen molar-refractivity contribution in [2.24, 2.45) is 28.9 Å². The summed E-state index contributed by atoms with van der Waals surface area (Å²) in [5.41, 5.74) is 4.62. The highest BCUT2D eigenvalue weighted by Gasteiger charge is 2.56. The largest absolute Gasteiger partial charge is 0.376 e. The number of carbonyl (C=O) groups excluding carboxylic acids is 2. The van der Waals surface area contributed by atoms with E-state index in [9.17, 15) is 9.59 Å². The third-order valence-electron chi connectivity index (χ3n) is 6.17. The first-order chi connectivity index (χ1) is 9.99. The lowest BCUT2D eigenvalue weighted by atomic mass is 9.49. The molecule has 2 amide bonds. The Labute approximate surface area is 125 Å². The van der Waals surface area contributed by atoms with Crippen LogP contribution in [-0.4, -0.2) is 30.6 Å². The van der Waals surface area contributed by atoms with Gasteiger partial charge in [0.2, 0.25) is 11.8 Å². The Morgan fingerprint density at radius 2 is 1.57 bits per heavy atom. The minimum Gasteiger partial charge on any atom is -0.376 e. The fourth-order valence-corrected chi connectivity index (χ4v) is 5.66. The molecular weight excluding hydrogens is 268 g/mol. The number of primary amides is 1. The van der Waals surface area contributed by atoms with Crippen LogP contribution in [0, 0.1) is 23.2 Å². The Hall–Kier alpha value is -1.10. The molecule has 0 atom stereocenters. The van der Waals surface area contributed by atoms with E-state index in [2.05, 4.69) is 5.32 Å². The maximum absolute atomic E-state index is 13.0. The zero-order valence-corrected chi connectivity index (χ0v) is 12.4. The first-order valence-corrected chi connectivity index (χ1v) is 8.17. The van der Waals surface area contributed by atoms with Gasteiger partial charge in [-0.1, -0.05) is 0 Å². The van der Waals surface area contributed by atoms with Gasteiger partial charge in [0.15, 0.2) is 0 Å². The molecule has 0 unspecified atom stereocenters. The Kier molecular flexibility index (Phi) is 2.87. The summed E-state index contributed by atoms with van der Waals surface area (Å²) in [6.45, 7) is 0.822. The van der Waals surface area contributed by atoms with Crippen LogP contribution in [0.3, 0.4) is 0 Å². The Balaban J connectivity index is 1.51. The van der Waals surface area contributed by atoms with Gasteiger partial charge in [-0.2, -0.15) is 0 Å². The molecule has 0 radical (unpaired) electrons. The Morgan fingerprint density at radius 3 is 1.95 bits per heavy atom. The second kappa shape index (κ2) is 4.45. The number of hydrogen-bond donors (Lipinski definition) is 2. The molecule has 1 heterocycles. The number of hydrogen-bond acceptors (Lipinski definition) is 3. The highest BCUT2D eigenvalue weighted by molar-refractivity contribution is 5.85. The monoisotopic (exact) mass is 292 g/mol. The van der Waals surface area contributed by atoms with Gasteiger partial charge in [-0.15, -0.1) is 0 Å². The van der Waals surface area contributed by atoms with Gasteiger partial charge in [0.25, 0.3) is 0 Å². The van der Waals surface area contributed by atoms with Crippen molar-refractivity contribution in [2.45, 2.75) is 50.5 Å². The van der Waals surface area contributed by atoms with Crippen molar-refractivity contribution in [1.82, 2.24) is 5.32 Å². The van der Waals surface area contributed by atoms with Crippen molar-refractivity contribution in [2.75, 3.05) is 13.2 Å². The molecule has 5 rings (SSSR count). The van der Waals surface area contributed by atoms with E-state index < -0.39 is 5.54 Å². The van der Waals surface area contributed by atoms with Crippen molar-refractivity contribution in [3.05, 3.63) is 0 Å². The standard InChI is InChI=1S/C16H24N2O3/c17-13(19)7-16(8-21-9-16)18-14(20)15-4-10-1-11(5-15)3-12(2-10)6-15/h10-12H,1-9H2,(H2,17,19)(H,18,20). The maximum Gasteiger partial charge on any atom is 0.226 e. The minimum absolute atomic E-state index is 0.158. The summed E-state index contributed by atoms with van der Waals surface area (Å²) in [7, 11) is 0. The molecule has 0 aromatic rings. The van der Waals surface area contributed by atoms with Gasteiger partial charge in [0, 0.05) is 5.41 Å². The van der Waals surface area contributed by atoms with Crippen molar-refractivity contribution < 1.29 is 14.3 Å². The lowest BCUT2D eigenvalue weighted by molar-refractivity contribution is -0.157. The first kappa shape index (κ1) is 13.6. The van der Waals surface area contributed by atoms with Gasteiger partial charge >= 0.3 is 0 Å². The fraction of sp³-hybridized carbons (Fsp3) is 0.875. The van der Waals surface area contributed by atoms with Gasteiger partial charge in [-0.25, -0.2) is 0 Å². The van der Waals surface area contributed by atoms with Gasteiger partial charge in [0.1, 0.15) is 0 Å². The maximum atomic E-state index is 13.0. The molecule has 3 N–H and O–H groups in total. The molecule has 4 aliphatic carbocycles. The molecule has 4 saturated carbocycles. The van der Waals surface area contributed by atoms with E-state index in [1.165, 1.54) is 19.3 Å². The van der Waals surface area contributed by atoms with Crippen molar-refractivity contribution in [3.63, 3.8) is 0 Å². The number of carbonyl (C=O) groups is 2. The van der Waals surface area contributed by atoms with Gasteiger partial charge < -0.3 is 15.8 Å². The minimum atomic E-state index is -0.535. The molecule has 1 saturated heterocycles. The molecule has 0 spiro atoms. The summed E-state index contributed by atoms with van der Waals surface area (Å²) >= 11 is 0. The summed E-state index contributed by atoms with van der Waals surface area (Å²) in [5.74, 6) is 2.01. The third-order valence-corrected chi connectivity index (χ3v) is 6.17. The van der Waals surface area contributed by atoms with Crippen LogP contribution in [0.5, 0.6) is 0 Å². The predicted molar refractivity (Wildman–Crippen MR) is 76.1 cm³/mol. The fourth-order valence-electron chi connectivity index (χ4n) is 5.66. The highest BCUT2D eigenvalue weighted by Crippen LogP contribution is 2.60. The molecule has 5 aliphatic rings. The van der Waals surface area contributed by atoms with E-state index >= 15 is 0 Å². The van der Waals surface area contributed by atoms with Gasteiger partial charge in [-0.3, -0.25) is 9.59 Å². The molecule has 116 valence electrons. The van der Waals surface area contributed by atoms with Gasteiger partial charge in [0.05, 0.1) is 25.2 Å². The van der Waals surface area contributed by atoms with Crippen LogP contribution in [-0.2, 0) is 14.3 Å². The predicted octanol–water partition coefficient (Wildman–Crippen LogP) is 0.963. The zero-order valence-electron chi connectivity index (χ0n) is 12.4. The van der Waals surface area contributed by atoms with E-state index in [1.807, 2.05) is 0 Å². The normalized spacial score (nSPS) is 42.4.